The molecule has 124 valence electrons. The molecule has 0 aromatic heterocycles. The van der Waals surface area contributed by atoms with Gasteiger partial charge in [0.05, 0.1) is 6.61 Å². The van der Waals surface area contributed by atoms with E-state index in [1.165, 1.54) is 0 Å². The maximum Gasteiger partial charge on any atom is 0.668 e. The smallest absolute Gasteiger partial charge is 0.462 e. The highest BCUT2D eigenvalue weighted by atomic mass is 28.4. The fraction of sp³-hybridized carbons (Fsp3) is 0.769. The highest BCUT2D eigenvalue weighted by Gasteiger charge is 2.43. The van der Waals surface area contributed by atoms with E-state index in [4.69, 9.17) is 22.1 Å². The van der Waals surface area contributed by atoms with Crippen LogP contribution in [0.5, 0.6) is 0 Å². The molecule has 0 bridgehead atoms. The van der Waals surface area contributed by atoms with Gasteiger partial charge in [-0.15, -0.1) is 0 Å². The summed E-state index contributed by atoms with van der Waals surface area (Å²) in [4.78, 5) is 11.2. The maximum atomic E-state index is 11.2. The van der Waals surface area contributed by atoms with Crippen molar-refractivity contribution in [1.29, 1.82) is 0 Å². The predicted molar refractivity (Wildman–Crippen MR) is 85.5 cm³/mol. The SMILES string of the molecule is C=C(C)C(=O)OCCC[SiH2]O[Si](OCC)(OCC)OCC. The van der Waals surface area contributed by atoms with Crippen molar-refractivity contribution in [2.24, 2.45) is 0 Å². The average Bonchev–Trinajstić information content (AvgIpc) is 2.43. The molecule has 0 radical (unpaired) electrons. The van der Waals surface area contributed by atoms with E-state index in [1.54, 1.807) is 6.92 Å². The molecule has 0 aliphatic heterocycles. The first-order valence-electron chi connectivity index (χ1n) is 7.39. The Morgan fingerprint density at radius 1 is 1.10 bits per heavy atom. The Kier molecular flexibility index (Phi) is 11.8. The molecule has 6 nitrogen and oxygen atoms in total. The summed E-state index contributed by atoms with van der Waals surface area (Å²) in [5, 5.41) is 0. The molecule has 0 saturated carbocycles. The quantitative estimate of drug-likeness (QED) is 0.220. The highest BCUT2D eigenvalue weighted by molar-refractivity contribution is 6.60. The fourth-order valence-corrected chi connectivity index (χ4v) is 5.77. The lowest BCUT2D eigenvalue weighted by molar-refractivity contribution is -0.138. The lowest BCUT2D eigenvalue weighted by Gasteiger charge is -2.27. The first-order valence-corrected chi connectivity index (χ1v) is 10.6. The summed E-state index contributed by atoms with van der Waals surface area (Å²) in [7, 11) is -3.80. The van der Waals surface area contributed by atoms with Crippen LogP contribution in [0.15, 0.2) is 12.2 Å². The molecule has 0 aromatic carbocycles. The number of hydrogen-bond acceptors (Lipinski definition) is 6. The normalized spacial score (nSPS) is 12.0. The molecular formula is C13H28O6Si2. The van der Waals surface area contributed by atoms with Crippen LogP contribution in [0.1, 0.15) is 34.1 Å². The van der Waals surface area contributed by atoms with Crippen molar-refractivity contribution in [2.45, 2.75) is 40.2 Å². The van der Waals surface area contributed by atoms with Gasteiger partial charge in [0.25, 0.3) is 0 Å². The van der Waals surface area contributed by atoms with Gasteiger partial charge in [-0.2, -0.15) is 0 Å². The molecule has 0 N–H and O–H groups in total. The zero-order valence-corrected chi connectivity index (χ0v) is 16.0. The molecule has 0 aliphatic rings. The molecular weight excluding hydrogens is 308 g/mol. The summed E-state index contributed by atoms with van der Waals surface area (Å²) in [5.41, 5.74) is 0.416. The zero-order chi connectivity index (χ0) is 16.1. The van der Waals surface area contributed by atoms with Crippen molar-refractivity contribution in [3.63, 3.8) is 0 Å². The number of hydrogen-bond donors (Lipinski definition) is 0. The highest BCUT2D eigenvalue weighted by Crippen LogP contribution is 2.12. The zero-order valence-electron chi connectivity index (χ0n) is 13.6. The molecule has 8 heteroatoms. The van der Waals surface area contributed by atoms with Crippen molar-refractivity contribution < 1.29 is 26.9 Å². The lowest BCUT2D eigenvalue weighted by atomic mass is 10.4. The third kappa shape index (κ3) is 9.17. The summed E-state index contributed by atoms with van der Waals surface area (Å²) in [6.45, 7) is 12.7. The van der Waals surface area contributed by atoms with Gasteiger partial charge in [-0.05, 0) is 40.2 Å². The Balaban J connectivity index is 4.01. The van der Waals surface area contributed by atoms with E-state index in [2.05, 4.69) is 6.58 Å². The second-order valence-electron chi connectivity index (χ2n) is 4.27. The van der Waals surface area contributed by atoms with Crippen LogP contribution >= 0.6 is 0 Å². The average molecular weight is 337 g/mol. The number of rotatable bonds is 13. The second-order valence-corrected chi connectivity index (χ2v) is 8.41. The first-order chi connectivity index (χ1) is 10.0. The summed E-state index contributed by atoms with van der Waals surface area (Å²) < 4.78 is 27.7. The molecule has 0 fully saturated rings. The largest absolute Gasteiger partial charge is 0.668 e. The minimum atomic E-state index is -2.96. The van der Waals surface area contributed by atoms with Gasteiger partial charge in [0, 0.05) is 25.4 Å². The molecule has 0 spiro atoms. The van der Waals surface area contributed by atoms with Crippen LogP contribution in [0.4, 0.5) is 0 Å². The van der Waals surface area contributed by atoms with Crippen LogP contribution in [-0.4, -0.2) is 51.2 Å². The van der Waals surface area contributed by atoms with Crippen molar-refractivity contribution in [1.82, 2.24) is 0 Å². The summed E-state index contributed by atoms with van der Waals surface area (Å²) >= 11 is 0. The molecule has 0 unspecified atom stereocenters. The molecule has 0 aromatic rings. The van der Waals surface area contributed by atoms with E-state index in [0.717, 1.165) is 12.5 Å². The maximum absolute atomic E-state index is 11.2. The van der Waals surface area contributed by atoms with Gasteiger partial charge in [-0.3, -0.25) is 0 Å². The number of ether oxygens (including phenoxy) is 1. The van der Waals surface area contributed by atoms with Gasteiger partial charge < -0.3 is 22.1 Å². The van der Waals surface area contributed by atoms with Crippen molar-refractivity contribution in [3.8, 4) is 0 Å². The van der Waals surface area contributed by atoms with Crippen LogP contribution < -0.4 is 0 Å². The lowest BCUT2D eigenvalue weighted by Crippen LogP contribution is -2.50. The topological polar surface area (TPSA) is 63.2 Å². The van der Waals surface area contributed by atoms with Crippen LogP contribution in [0.2, 0.25) is 6.04 Å². The third-order valence-corrected chi connectivity index (χ3v) is 7.31. The summed E-state index contributed by atoms with van der Waals surface area (Å²) in [6, 6.07) is 0.867. The van der Waals surface area contributed by atoms with Crippen LogP contribution in [0, 0.1) is 0 Å². The van der Waals surface area contributed by atoms with Crippen molar-refractivity contribution in [2.75, 3.05) is 26.4 Å². The van der Waals surface area contributed by atoms with Crippen molar-refractivity contribution in [3.05, 3.63) is 12.2 Å². The Hall–Kier alpha value is -0.516. The molecule has 0 atom stereocenters. The van der Waals surface area contributed by atoms with E-state index in [0.29, 0.717) is 32.0 Å². The summed E-state index contributed by atoms with van der Waals surface area (Å²) in [5.74, 6) is -0.348. The molecule has 0 saturated heterocycles. The monoisotopic (exact) mass is 336 g/mol. The fourth-order valence-electron chi connectivity index (χ4n) is 1.47. The Morgan fingerprint density at radius 2 is 1.62 bits per heavy atom. The van der Waals surface area contributed by atoms with E-state index in [1.807, 2.05) is 20.8 Å². The van der Waals surface area contributed by atoms with E-state index >= 15 is 0 Å². The van der Waals surface area contributed by atoms with E-state index in [9.17, 15) is 4.79 Å². The predicted octanol–water partition coefficient (Wildman–Crippen LogP) is 1.56. The molecule has 0 rings (SSSR count). The van der Waals surface area contributed by atoms with Crippen LogP contribution in [0.25, 0.3) is 0 Å². The Bertz CT molecular complexity index is 294. The van der Waals surface area contributed by atoms with Gasteiger partial charge in [-0.1, -0.05) is 6.58 Å². The molecule has 0 heterocycles. The van der Waals surface area contributed by atoms with Crippen LogP contribution in [0.3, 0.4) is 0 Å². The van der Waals surface area contributed by atoms with Crippen molar-refractivity contribution >= 4 is 24.8 Å². The van der Waals surface area contributed by atoms with Crippen LogP contribution in [-0.2, 0) is 26.9 Å². The van der Waals surface area contributed by atoms with Gasteiger partial charge >= 0.3 is 15.0 Å². The van der Waals surface area contributed by atoms with Gasteiger partial charge in [0.2, 0.25) is 0 Å². The van der Waals surface area contributed by atoms with Gasteiger partial charge in [0.1, 0.15) is 0 Å². The number of carbonyl (C=O) groups excluding carboxylic acids is 1. The third-order valence-electron chi connectivity index (χ3n) is 2.36. The van der Waals surface area contributed by atoms with E-state index < -0.39 is 18.8 Å². The summed E-state index contributed by atoms with van der Waals surface area (Å²) in [6.07, 6.45) is 0.764. The standard InChI is InChI=1S/C13H28O6Si2/c1-6-16-21(17-7-2,18-8-3)19-20-11-9-10-15-13(14)12(4)5/h4,6-11,20H2,1-3,5H3. The molecule has 0 amide bonds. The second kappa shape index (κ2) is 12.1. The first kappa shape index (κ1) is 20.5. The molecule has 0 aliphatic carbocycles. The van der Waals surface area contributed by atoms with Gasteiger partial charge in [-0.25, -0.2) is 4.79 Å². The van der Waals surface area contributed by atoms with E-state index in [-0.39, 0.29) is 5.97 Å². The number of carbonyl (C=O) groups is 1. The minimum Gasteiger partial charge on any atom is -0.462 e. The van der Waals surface area contributed by atoms with Gasteiger partial charge in [0.15, 0.2) is 9.76 Å². The molecule has 21 heavy (non-hydrogen) atoms. The number of esters is 1. The minimum absolute atomic E-state index is 0.348. The Morgan fingerprint density at radius 3 is 2.05 bits per heavy atom. The Labute approximate surface area is 131 Å².